The van der Waals surface area contributed by atoms with E-state index in [2.05, 4.69) is 20.8 Å². The number of phenolic OH excluding ortho intramolecular Hbond substituents is 1. The Kier molecular flexibility index (Phi) is 9.35. The van der Waals surface area contributed by atoms with Gasteiger partial charge in [0, 0.05) is 50.1 Å². The molecule has 2 aromatic heterocycles. The summed E-state index contributed by atoms with van der Waals surface area (Å²) in [5.41, 5.74) is -0.915. The molecule has 0 aliphatic carbocycles. The summed E-state index contributed by atoms with van der Waals surface area (Å²) in [6.45, 7) is 6.67. The molecule has 2 bridgehead atoms. The predicted octanol–water partition coefficient (Wildman–Crippen LogP) is 6.10. The minimum atomic E-state index is -1.08. The number of phenols is 1. The van der Waals surface area contributed by atoms with Crippen molar-refractivity contribution < 1.29 is 42.1 Å². The molecule has 2 aromatic carbocycles. The number of hydrogen-bond acceptors (Lipinski definition) is 11. The van der Waals surface area contributed by atoms with Crippen LogP contribution < -0.4 is 9.64 Å². The van der Waals surface area contributed by atoms with Crippen molar-refractivity contribution in [3.05, 3.63) is 47.7 Å². The van der Waals surface area contributed by atoms with Gasteiger partial charge in [-0.05, 0) is 55.8 Å². The summed E-state index contributed by atoms with van der Waals surface area (Å²) >= 11 is 0. The molecule has 4 saturated heterocycles. The van der Waals surface area contributed by atoms with Crippen LogP contribution in [0.4, 0.5) is 23.8 Å². The van der Waals surface area contributed by atoms with Crippen LogP contribution in [0.3, 0.4) is 0 Å². The fraction of sp³-hybridized carbons (Fsp3) is 0.475. The van der Waals surface area contributed by atoms with E-state index in [0.717, 1.165) is 19.4 Å². The SMILES string of the molecule is C#Cc1c(F)ccc2cc(O)cc(-c3ncc4c(N5CC6CCC(C5)N6C(=O)OC(C)OC(=O)C(C)C)nc(OC[C@@]56CCCN5C[C@H](F)C6)nc4c3F)c12. The number of nitrogens with zero attached hydrogens (tertiary/aromatic N) is 6. The van der Waals surface area contributed by atoms with Crippen molar-refractivity contribution in [1.29, 1.82) is 0 Å². The highest BCUT2D eigenvalue weighted by Crippen LogP contribution is 2.42. The van der Waals surface area contributed by atoms with Crippen molar-refractivity contribution in [1.82, 2.24) is 24.8 Å². The number of aromatic nitrogens is 3. The molecule has 0 radical (unpaired) electrons. The van der Waals surface area contributed by atoms with Crippen LogP contribution >= 0.6 is 0 Å². The number of esters is 1. The summed E-state index contributed by atoms with van der Waals surface area (Å²) in [6.07, 6.45) is 7.75. The highest BCUT2D eigenvalue weighted by molar-refractivity contribution is 6.03. The van der Waals surface area contributed by atoms with Gasteiger partial charge in [0.2, 0.25) is 6.29 Å². The number of ether oxygens (including phenoxy) is 3. The van der Waals surface area contributed by atoms with E-state index in [0.29, 0.717) is 50.1 Å². The van der Waals surface area contributed by atoms with E-state index >= 15 is 4.39 Å². The first-order valence-electron chi connectivity index (χ1n) is 18.6. The Balaban J connectivity index is 1.17. The molecule has 15 heteroatoms. The zero-order valence-electron chi connectivity index (χ0n) is 30.7. The number of benzene rings is 2. The highest BCUT2D eigenvalue weighted by atomic mass is 19.1. The fourth-order valence-corrected chi connectivity index (χ4v) is 8.82. The van der Waals surface area contributed by atoms with Crippen molar-refractivity contribution in [2.75, 3.05) is 37.7 Å². The third-order valence-corrected chi connectivity index (χ3v) is 11.3. The maximum Gasteiger partial charge on any atom is 0.413 e. The minimum Gasteiger partial charge on any atom is -0.508 e. The second-order valence-corrected chi connectivity index (χ2v) is 15.3. The smallest absolute Gasteiger partial charge is 0.413 e. The number of aromatic hydroxyl groups is 1. The topological polar surface area (TPSA) is 130 Å². The van der Waals surface area contributed by atoms with E-state index in [-0.39, 0.29) is 69.5 Å². The Labute approximate surface area is 315 Å². The van der Waals surface area contributed by atoms with Crippen LogP contribution in [0.25, 0.3) is 32.9 Å². The van der Waals surface area contributed by atoms with Gasteiger partial charge >= 0.3 is 18.1 Å². The molecule has 8 rings (SSSR count). The minimum absolute atomic E-state index is 0.0726. The van der Waals surface area contributed by atoms with E-state index in [1.165, 1.54) is 37.4 Å². The zero-order chi connectivity index (χ0) is 38.8. The maximum absolute atomic E-state index is 17.1. The van der Waals surface area contributed by atoms with Crippen LogP contribution in [-0.4, -0.2) is 105 Å². The van der Waals surface area contributed by atoms with Crippen molar-refractivity contribution >= 4 is 39.6 Å². The summed E-state index contributed by atoms with van der Waals surface area (Å²) in [7, 11) is 0. The number of anilines is 1. The van der Waals surface area contributed by atoms with E-state index in [1.807, 2.05) is 4.90 Å². The molecular weight excluding hydrogens is 717 g/mol. The van der Waals surface area contributed by atoms with Crippen LogP contribution in [0.15, 0.2) is 30.5 Å². The van der Waals surface area contributed by atoms with Gasteiger partial charge in [-0.1, -0.05) is 25.8 Å². The number of carbonyl (C=O) groups excluding carboxylic acids is 2. The number of carbonyl (C=O) groups is 2. The number of rotatable bonds is 8. The van der Waals surface area contributed by atoms with Gasteiger partial charge in [-0.15, -0.1) is 6.42 Å². The van der Waals surface area contributed by atoms with Crippen molar-refractivity contribution in [2.24, 2.45) is 5.92 Å². The Hall–Kier alpha value is -5.36. The molecule has 1 amide bonds. The molecule has 288 valence electrons. The molecule has 4 aromatic rings. The van der Waals surface area contributed by atoms with Crippen LogP contribution in [-0.2, 0) is 14.3 Å². The summed E-state index contributed by atoms with van der Waals surface area (Å²) in [6, 6.07) is 4.60. The standard InChI is InChI=1S/C40H41F3N6O6/c1-5-28-31(42)10-7-23-13-27(50)14-29(32(23)28)34-33(43)35-30(16-44-34)36(46-38(45-35)53-20-40-11-6-12-48(40)17-24(41)15-40)47-18-25-8-9-26(19-47)49(25)39(52)55-22(4)54-37(51)21(2)3/h1,7,10,13-14,16,21-22,24-26,50H,6,8-9,11-12,15,17-20H2,2-4H3/t22?,24-,25?,26?,40+/m1/s1. The van der Waals surface area contributed by atoms with Crippen LogP contribution in [0.2, 0.25) is 0 Å². The lowest BCUT2D eigenvalue weighted by Crippen LogP contribution is -2.56. The number of hydrogen-bond donors (Lipinski definition) is 1. The molecule has 6 heterocycles. The number of halogens is 3. The average molecular weight is 759 g/mol. The van der Waals surface area contributed by atoms with E-state index in [9.17, 15) is 23.5 Å². The van der Waals surface area contributed by atoms with Crippen LogP contribution in [0, 0.1) is 29.9 Å². The lowest BCUT2D eigenvalue weighted by Gasteiger charge is -2.41. The normalized spacial score (nSPS) is 24.0. The van der Waals surface area contributed by atoms with Crippen molar-refractivity contribution in [3.63, 3.8) is 0 Å². The van der Waals surface area contributed by atoms with Crippen molar-refractivity contribution in [3.8, 4) is 35.4 Å². The van der Waals surface area contributed by atoms with Gasteiger partial charge in [-0.3, -0.25) is 19.6 Å². The number of piperazine rings is 1. The van der Waals surface area contributed by atoms with Gasteiger partial charge in [0.25, 0.3) is 0 Å². The lowest BCUT2D eigenvalue weighted by atomic mass is 9.95. The first kappa shape index (κ1) is 36.6. The predicted molar refractivity (Wildman–Crippen MR) is 196 cm³/mol. The van der Waals surface area contributed by atoms with Gasteiger partial charge in [0.1, 0.15) is 41.4 Å². The van der Waals surface area contributed by atoms with Gasteiger partial charge in [0.05, 0.1) is 34.5 Å². The fourth-order valence-electron chi connectivity index (χ4n) is 8.82. The Bertz CT molecular complexity index is 2240. The third kappa shape index (κ3) is 6.49. The maximum atomic E-state index is 17.1. The van der Waals surface area contributed by atoms with Gasteiger partial charge in [-0.2, -0.15) is 9.97 Å². The van der Waals surface area contributed by atoms with Gasteiger partial charge in [0.15, 0.2) is 5.82 Å². The number of pyridine rings is 1. The van der Waals surface area contributed by atoms with Crippen LogP contribution in [0.5, 0.6) is 11.8 Å². The number of fused-ring (bicyclic) bond motifs is 5. The van der Waals surface area contributed by atoms with E-state index < -0.39 is 41.7 Å². The third-order valence-electron chi connectivity index (χ3n) is 11.3. The number of amides is 1. The number of alkyl halides is 1. The van der Waals surface area contributed by atoms with Crippen LogP contribution in [0.1, 0.15) is 58.4 Å². The Morgan fingerprint density at radius 2 is 1.85 bits per heavy atom. The molecule has 5 atom stereocenters. The summed E-state index contributed by atoms with van der Waals surface area (Å²) in [5, 5.41) is 11.5. The Morgan fingerprint density at radius 1 is 1.09 bits per heavy atom. The first-order chi connectivity index (χ1) is 26.4. The summed E-state index contributed by atoms with van der Waals surface area (Å²) < 4.78 is 63.7. The van der Waals surface area contributed by atoms with Gasteiger partial charge in [-0.25, -0.2) is 18.0 Å². The van der Waals surface area contributed by atoms with Crippen molar-refractivity contribution in [2.45, 2.75) is 83.0 Å². The molecule has 0 spiro atoms. The molecule has 55 heavy (non-hydrogen) atoms. The molecule has 4 aliphatic rings. The Morgan fingerprint density at radius 3 is 2.58 bits per heavy atom. The zero-order valence-corrected chi connectivity index (χ0v) is 30.7. The van der Waals surface area contributed by atoms with E-state index in [4.69, 9.17) is 25.6 Å². The molecule has 0 saturated carbocycles. The van der Waals surface area contributed by atoms with Gasteiger partial charge < -0.3 is 24.2 Å². The quantitative estimate of drug-likeness (QED) is 0.127. The largest absolute Gasteiger partial charge is 0.508 e. The first-order valence-corrected chi connectivity index (χ1v) is 18.6. The summed E-state index contributed by atoms with van der Waals surface area (Å²) in [4.78, 5) is 44.9. The number of terminal acetylenes is 1. The molecular formula is C40H41F3N6O6. The highest BCUT2D eigenvalue weighted by Gasteiger charge is 2.50. The summed E-state index contributed by atoms with van der Waals surface area (Å²) in [5.74, 6) is 0.0561. The molecule has 4 aliphatic heterocycles. The molecule has 1 N–H and O–H groups in total. The molecule has 3 unspecified atom stereocenters. The molecule has 12 nitrogen and oxygen atoms in total. The monoisotopic (exact) mass is 758 g/mol. The molecule has 4 fully saturated rings. The second kappa shape index (κ2) is 14.1. The lowest BCUT2D eigenvalue weighted by molar-refractivity contribution is -0.170. The second-order valence-electron chi connectivity index (χ2n) is 15.3. The average Bonchev–Trinajstić information content (AvgIpc) is 3.77. The van der Waals surface area contributed by atoms with E-state index in [1.54, 1.807) is 18.7 Å².